The van der Waals surface area contributed by atoms with E-state index in [0.29, 0.717) is 12.1 Å². The molecule has 0 aliphatic carbocycles. The summed E-state index contributed by atoms with van der Waals surface area (Å²) in [5.41, 5.74) is -3.31. The maximum Gasteiger partial charge on any atom is 0.417 e. The molecule has 1 aromatic carbocycles. The molecule has 0 saturated heterocycles. The normalized spacial score (nSPS) is 13.1. The predicted molar refractivity (Wildman–Crippen MR) is 50.5 cm³/mol. The van der Waals surface area contributed by atoms with Gasteiger partial charge in [-0.2, -0.15) is 26.3 Å². The molecule has 0 atom stereocenters. The van der Waals surface area contributed by atoms with Crippen molar-refractivity contribution in [3.05, 3.63) is 32.9 Å². The predicted octanol–water partition coefficient (Wildman–Crippen LogP) is 4.09. The van der Waals surface area contributed by atoms with Gasteiger partial charge in [0, 0.05) is 0 Å². The van der Waals surface area contributed by atoms with E-state index < -0.39 is 46.8 Å². The standard InChI is InChI=1S/C8H3F6IO2/c9-7(10,11)4-1-2-6(15(16)17)5(3-4)8(12,13)14/h1-3H. The number of rotatable bonds is 1. The van der Waals surface area contributed by atoms with Crippen LogP contribution in [-0.2, 0) is 18.5 Å². The third-order valence-corrected chi connectivity index (χ3v) is 3.65. The van der Waals surface area contributed by atoms with Gasteiger partial charge < -0.3 is 0 Å². The van der Waals surface area contributed by atoms with Gasteiger partial charge in [-0.05, 0) is 18.2 Å². The molecular weight excluding hydrogens is 369 g/mol. The zero-order valence-electron chi connectivity index (χ0n) is 7.69. The Morgan fingerprint density at radius 3 is 1.76 bits per heavy atom. The molecule has 9 heteroatoms. The first-order valence-electron chi connectivity index (χ1n) is 3.87. The molecule has 0 saturated carbocycles. The lowest BCUT2D eigenvalue weighted by Gasteiger charge is -2.12. The Morgan fingerprint density at radius 2 is 1.41 bits per heavy atom. The molecule has 0 fully saturated rings. The number of benzene rings is 1. The molecule has 0 aliphatic heterocycles. The molecule has 1 rings (SSSR count). The van der Waals surface area contributed by atoms with E-state index in [9.17, 15) is 32.5 Å². The van der Waals surface area contributed by atoms with Gasteiger partial charge in [-0.25, -0.2) is 6.14 Å². The van der Waals surface area contributed by atoms with Gasteiger partial charge in [-0.15, -0.1) is 0 Å². The average Bonchev–Trinajstić information content (AvgIpc) is 2.14. The van der Waals surface area contributed by atoms with Crippen LogP contribution in [0, 0.1) is 3.57 Å². The quantitative estimate of drug-likeness (QED) is 0.550. The van der Waals surface area contributed by atoms with E-state index >= 15 is 0 Å². The molecule has 0 heterocycles. The van der Waals surface area contributed by atoms with Crippen LogP contribution in [0.15, 0.2) is 18.2 Å². The summed E-state index contributed by atoms with van der Waals surface area (Å²) in [6.07, 6.45) is -10.1. The number of alkyl halides is 6. The topological polar surface area (TPSA) is 34.1 Å². The number of halogens is 7. The van der Waals surface area contributed by atoms with E-state index in [1.165, 1.54) is 0 Å². The van der Waals surface area contributed by atoms with Gasteiger partial charge in [0.2, 0.25) is 0 Å². The van der Waals surface area contributed by atoms with Gasteiger partial charge in [-0.1, -0.05) is 0 Å². The summed E-state index contributed by atoms with van der Waals surface area (Å²) in [4.78, 5) is 0. The molecule has 17 heavy (non-hydrogen) atoms. The molecule has 0 aliphatic rings. The van der Waals surface area contributed by atoms with E-state index in [-0.39, 0.29) is 6.07 Å². The molecule has 0 amide bonds. The fourth-order valence-corrected chi connectivity index (χ4v) is 2.46. The van der Waals surface area contributed by atoms with Crippen molar-refractivity contribution in [1.82, 2.24) is 0 Å². The summed E-state index contributed by atoms with van der Waals surface area (Å²) in [6, 6.07) is 0.441. The van der Waals surface area contributed by atoms with E-state index in [4.69, 9.17) is 0 Å². The van der Waals surface area contributed by atoms with Crippen LogP contribution >= 0.6 is 19.8 Å². The summed E-state index contributed by atoms with van der Waals surface area (Å²) in [6.45, 7) is 0. The Balaban J connectivity index is 3.51. The van der Waals surface area contributed by atoms with Gasteiger partial charge >= 0.3 is 32.1 Å². The largest absolute Gasteiger partial charge is 0.417 e. The molecule has 0 spiro atoms. The smallest absolute Gasteiger partial charge is 0.230 e. The monoisotopic (exact) mass is 372 g/mol. The highest BCUT2D eigenvalue weighted by atomic mass is 127. The fraction of sp³-hybridized carbons (Fsp3) is 0.250. The summed E-state index contributed by atoms with van der Waals surface area (Å²) < 4.78 is 93.7. The summed E-state index contributed by atoms with van der Waals surface area (Å²) >= 11 is -4.50. The second kappa shape index (κ2) is 4.42. The van der Waals surface area contributed by atoms with Crippen molar-refractivity contribution in [1.29, 1.82) is 0 Å². The van der Waals surface area contributed by atoms with Crippen LogP contribution in [0.25, 0.3) is 0 Å². The van der Waals surface area contributed by atoms with Gasteiger partial charge in [0.15, 0.2) is 0 Å². The summed E-state index contributed by atoms with van der Waals surface area (Å²) in [7, 11) is 0. The lowest BCUT2D eigenvalue weighted by molar-refractivity contribution is -0.143. The molecule has 0 aromatic heterocycles. The van der Waals surface area contributed by atoms with Crippen molar-refractivity contribution < 1.29 is 32.5 Å². The molecule has 96 valence electrons. The van der Waals surface area contributed by atoms with E-state index in [0.717, 1.165) is 0 Å². The van der Waals surface area contributed by atoms with Crippen molar-refractivity contribution in [2.24, 2.45) is 0 Å². The Kier molecular flexibility index (Phi) is 3.69. The van der Waals surface area contributed by atoms with E-state index in [2.05, 4.69) is 0 Å². The maximum absolute atomic E-state index is 12.4. The first kappa shape index (κ1) is 14.2. The SMILES string of the molecule is O=I(=O)c1ccc(C(F)(F)F)cc1C(F)(F)F. The van der Waals surface area contributed by atoms with Crippen LogP contribution in [0.1, 0.15) is 11.1 Å². The number of hydrogen-bond donors (Lipinski definition) is 0. The van der Waals surface area contributed by atoms with Crippen molar-refractivity contribution in [3.63, 3.8) is 0 Å². The number of hydrogen-bond acceptors (Lipinski definition) is 2. The van der Waals surface area contributed by atoms with Crippen molar-refractivity contribution >= 4 is 19.8 Å². The Bertz CT molecular complexity index is 492. The van der Waals surface area contributed by atoms with E-state index in [1.807, 2.05) is 0 Å². The molecule has 0 N–H and O–H groups in total. The van der Waals surface area contributed by atoms with Crippen molar-refractivity contribution in [2.75, 3.05) is 0 Å². The van der Waals surface area contributed by atoms with Crippen LogP contribution in [0.4, 0.5) is 26.3 Å². The Morgan fingerprint density at radius 1 is 0.882 bits per heavy atom. The third kappa shape index (κ3) is 3.30. The first-order valence-corrected chi connectivity index (χ1v) is 6.71. The summed E-state index contributed by atoms with van der Waals surface area (Å²) in [5.74, 6) is 0. The Labute approximate surface area is 97.8 Å². The van der Waals surface area contributed by atoms with Crippen LogP contribution in [0.3, 0.4) is 0 Å². The maximum atomic E-state index is 12.4. The highest BCUT2D eigenvalue weighted by molar-refractivity contribution is 14.2. The molecule has 0 bridgehead atoms. The second-order valence-electron chi connectivity index (χ2n) is 2.91. The molecular formula is C8H3F6IO2. The van der Waals surface area contributed by atoms with Crippen LogP contribution in [-0.4, -0.2) is 0 Å². The molecule has 2 nitrogen and oxygen atoms in total. The van der Waals surface area contributed by atoms with E-state index in [1.54, 1.807) is 0 Å². The zero-order chi connectivity index (χ0) is 13.4. The minimum Gasteiger partial charge on any atom is -0.230 e. The summed E-state index contributed by atoms with van der Waals surface area (Å²) in [5, 5.41) is 0. The van der Waals surface area contributed by atoms with Crippen molar-refractivity contribution in [3.8, 4) is 0 Å². The molecule has 0 unspecified atom stereocenters. The van der Waals surface area contributed by atoms with Crippen LogP contribution in [0.5, 0.6) is 0 Å². The molecule has 1 aromatic rings. The van der Waals surface area contributed by atoms with Crippen molar-refractivity contribution in [2.45, 2.75) is 12.4 Å². The lowest BCUT2D eigenvalue weighted by Crippen LogP contribution is -2.12. The lowest BCUT2D eigenvalue weighted by atomic mass is 10.1. The Hall–Kier alpha value is -0.870. The van der Waals surface area contributed by atoms with Gasteiger partial charge in [0.05, 0.1) is 14.7 Å². The second-order valence-corrected chi connectivity index (χ2v) is 5.31. The average molecular weight is 372 g/mol. The van der Waals surface area contributed by atoms with Gasteiger partial charge in [0.25, 0.3) is 0 Å². The van der Waals surface area contributed by atoms with Crippen LogP contribution in [0.2, 0.25) is 0 Å². The minimum absolute atomic E-state index is 0.199. The first-order chi connectivity index (χ1) is 7.53. The van der Waals surface area contributed by atoms with Gasteiger partial charge in [-0.3, -0.25) is 0 Å². The zero-order valence-corrected chi connectivity index (χ0v) is 9.85. The third-order valence-electron chi connectivity index (χ3n) is 1.77. The molecule has 0 radical (unpaired) electrons. The highest BCUT2D eigenvalue weighted by Crippen LogP contribution is 2.39. The minimum atomic E-state index is -5.14. The fourth-order valence-electron chi connectivity index (χ4n) is 1.05. The highest BCUT2D eigenvalue weighted by Gasteiger charge is 2.39. The van der Waals surface area contributed by atoms with Gasteiger partial charge in [0.1, 0.15) is 0 Å². The van der Waals surface area contributed by atoms with Crippen LogP contribution < -0.4 is 0 Å².